The van der Waals surface area contributed by atoms with E-state index in [2.05, 4.69) is 5.32 Å². The van der Waals surface area contributed by atoms with Crippen LogP contribution in [0.4, 0.5) is 18.9 Å². The summed E-state index contributed by atoms with van der Waals surface area (Å²) in [4.78, 5) is 25.9. The van der Waals surface area contributed by atoms with Crippen molar-refractivity contribution in [1.29, 1.82) is 0 Å². The number of nitrogens with one attached hydrogen (secondary N) is 1. The van der Waals surface area contributed by atoms with Crippen molar-refractivity contribution in [3.63, 3.8) is 0 Å². The number of anilines is 1. The van der Waals surface area contributed by atoms with E-state index in [1.165, 1.54) is 31.4 Å². The lowest BCUT2D eigenvalue weighted by molar-refractivity contribution is -0.120. The first kappa shape index (κ1) is 26.4. The Morgan fingerprint density at radius 3 is 2.25 bits per heavy atom. The average molecular weight is 578 g/mol. The van der Waals surface area contributed by atoms with Gasteiger partial charge in [-0.2, -0.15) is 0 Å². The zero-order valence-electron chi connectivity index (χ0n) is 18.1. The van der Waals surface area contributed by atoms with Crippen molar-refractivity contribution in [3.8, 4) is 5.75 Å². The third-order valence-electron chi connectivity index (χ3n) is 6.03. The van der Waals surface area contributed by atoms with E-state index in [1.807, 2.05) is 0 Å². The number of primary amides is 1. The smallest absolute Gasteiger partial charge is 0.259 e. The van der Waals surface area contributed by atoms with Crippen LogP contribution in [0.3, 0.4) is 0 Å². The fraction of sp³-hybridized carbons (Fsp3) is 0.167. The molecule has 188 valence electrons. The second-order valence-corrected chi connectivity index (χ2v) is 10.2. The van der Waals surface area contributed by atoms with E-state index in [-0.39, 0.29) is 32.6 Å². The fourth-order valence-electron chi connectivity index (χ4n) is 4.34. The standard InChI is InChI=1S/C24H15Cl4F3N2O3/c1-36-19-13(21(34)33-18-5-3-12(29)9-17(18)31)7-11(8-15(19)26)23(22(32)35)20(24(23,27)28)10-2-4-16(30)14(25)6-10/h2-9,20H,1H3,(H2,32,35)(H,33,34). The van der Waals surface area contributed by atoms with Gasteiger partial charge in [-0.3, -0.25) is 9.59 Å². The Bertz CT molecular complexity index is 1420. The number of halogens is 7. The van der Waals surface area contributed by atoms with Gasteiger partial charge in [0.15, 0.2) is 0 Å². The third-order valence-corrected chi connectivity index (χ3v) is 7.63. The van der Waals surface area contributed by atoms with Gasteiger partial charge in [-0.05, 0) is 47.5 Å². The maximum Gasteiger partial charge on any atom is 0.259 e. The van der Waals surface area contributed by atoms with E-state index in [4.69, 9.17) is 56.9 Å². The topological polar surface area (TPSA) is 81.4 Å². The van der Waals surface area contributed by atoms with Gasteiger partial charge in [-0.1, -0.05) is 52.5 Å². The SMILES string of the molecule is COc1c(Cl)cc(C2(C(N)=O)C(c3ccc(F)c(Cl)c3)C2(Cl)Cl)cc1C(=O)Nc1ccc(F)cc1F. The Labute approximate surface area is 223 Å². The fourth-order valence-corrected chi connectivity index (χ4v) is 5.92. The molecule has 2 atom stereocenters. The lowest BCUT2D eigenvalue weighted by Crippen LogP contribution is -2.34. The first-order valence-electron chi connectivity index (χ1n) is 10.1. The molecular weight excluding hydrogens is 563 g/mol. The summed E-state index contributed by atoms with van der Waals surface area (Å²) in [6.45, 7) is 0. The number of carbonyl (C=O) groups is 2. The molecule has 0 radical (unpaired) electrons. The molecule has 12 heteroatoms. The average Bonchev–Trinajstić information content (AvgIpc) is 3.34. The second-order valence-electron chi connectivity index (χ2n) is 8.02. The van der Waals surface area contributed by atoms with Crippen molar-refractivity contribution < 1.29 is 27.5 Å². The molecule has 3 N–H and O–H groups in total. The lowest BCUT2D eigenvalue weighted by atomic mass is 9.88. The number of rotatable bonds is 6. The molecule has 1 fully saturated rings. The summed E-state index contributed by atoms with van der Waals surface area (Å²) in [6.07, 6.45) is 0. The minimum Gasteiger partial charge on any atom is -0.494 e. The predicted octanol–water partition coefficient (Wildman–Crippen LogP) is 6.37. The summed E-state index contributed by atoms with van der Waals surface area (Å²) in [5, 5.41) is 1.97. The Morgan fingerprint density at radius 1 is 0.972 bits per heavy atom. The number of methoxy groups -OCH3 is 1. The van der Waals surface area contributed by atoms with E-state index in [9.17, 15) is 22.8 Å². The van der Waals surface area contributed by atoms with Crippen LogP contribution in [0.15, 0.2) is 48.5 Å². The Hall–Kier alpha value is -2.65. The number of hydrogen-bond donors (Lipinski definition) is 2. The van der Waals surface area contributed by atoms with Crippen molar-refractivity contribution in [2.45, 2.75) is 15.7 Å². The quantitative estimate of drug-likeness (QED) is 0.334. The largest absolute Gasteiger partial charge is 0.494 e. The van der Waals surface area contributed by atoms with Gasteiger partial charge in [-0.25, -0.2) is 13.2 Å². The number of amides is 2. The van der Waals surface area contributed by atoms with Gasteiger partial charge >= 0.3 is 0 Å². The van der Waals surface area contributed by atoms with Crippen molar-refractivity contribution in [1.82, 2.24) is 0 Å². The number of ether oxygens (including phenoxy) is 1. The van der Waals surface area contributed by atoms with Gasteiger partial charge in [0.25, 0.3) is 5.91 Å². The van der Waals surface area contributed by atoms with Gasteiger partial charge in [-0.15, -0.1) is 0 Å². The molecule has 36 heavy (non-hydrogen) atoms. The van der Waals surface area contributed by atoms with Gasteiger partial charge in [0, 0.05) is 12.0 Å². The predicted molar refractivity (Wildman–Crippen MR) is 132 cm³/mol. The highest BCUT2D eigenvalue weighted by molar-refractivity contribution is 6.55. The molecule has 4 rings (SSSR count). The normalized spacial score (nSPS) is 20.1. The number of hydrogen-bond acceptors (Lipinski definition) is 3. The summed E-state index contributed by atoms with van der Waals surface area (Å²) in [5.41, 5.74) is 3.81. The summed E-state index contributed by atoms with van der Waals surface area (Å²) in [7, 11) is 1.24. The molecule has 0 aromatic heterocycles. The number of alkyl halides is 2. The number of benzene rings is 3. The molecule has 0 saturated heterocycles. The van der Waals surface area contributed by atoms with Crippen molar-refractivity contribution in [2.75, 3.05) is 12.4 Å². The van der Waals surface area contributed by atoms with Crippen LogP contribution >= 0.6 is 46.4 Å². The van der Waals surface area contributed by atoms with Crippen LogP contribution in [0.2, 0.25) is 10.0 Å². The molecular formula is C24H15Cl4F3N2O3. The number of nitrogens with two attached hydrogens (primary N) is 1. The zero-order chi connectivity index (χ0) is 26.6. The van der Waals surface area contributed by atoms with Crippen molar-refractivity contribution in [2.24, 2.45) is 5.73 Å². The molecule has 3 aromatic rings. The Balaban J connectivity index is 1.84. The summed E-state index contributed by atoms with van der Waals surface area (Å²) in [6, 6.07) is 8.83. The number of carbonyl (C=O) groups excluding carboxylic acids is 2. The van der Waals surface area contributed by atoms with Gasteiger partial charge in [0.1, 0.15) is 32.9 Å². The van der Waals surface area contributed by atoms with Gasteiger partial charge in [0.2, 0.25) is 5.91 Å². The summed E-state index contributed by atoms with van der Waals surface area (Å²) < 4.78 is 44.5. The monoisotopic (exact) mass is 576 g/mol. The lowest BCUT2D eigenvalue weighted by Gasteiger charge is -2.19. The zero-order valence-corrected chi connectivity index (χ0v) is 21.2. The van der Waals surface area contributed by atoms with Gasteiger partial charge < -0.3 is 15.8 Å². The molecule has 2 amide bonds. The van der Waals surface area contributed by atoms with Crippen LogP contribution in [-0.4, -0.2) is 23.3 Å². The van der Waals surface area contributed by atoms with Crippen LogP contribution in [0.1, 0.15) is 27.4 Å². The van der Waals surface area contributed by atoms with E-state index in [1.54, 1.807) is 0 Å². The highest BCUT2D eigenvalue weighted by Crippen LogP contribution is 2.74. The van der Waals surface area contributed by atoms with E-state index in [0.717, 1.165) is 18.2 Å². The molecule has 0 aliphatic heterocycles. The van der Waals surface area contributed by atoms with E-state index in [0.29, 0.717) is 11.6 Å². The third kappa shape index (κ3) is 4.06. The highest BCUT2D eigenvalue weighted by Gasteiger charge is 2.81. The Kier molecular flexibility index (Phi) is 6.85. The van der Waals surface area contributed by atoms with Crippen LogP contribution < -0.4 is 15.8 Å². The highest BCUT2D eigenvalue weighted by atomic mass is 35.5. The molecule has 1 aliphatic carbocycles. The molecule has 0 bridgehead atoms. The van der Waals surface area contributed by atoms with E-state index < -0.39 is 44.9 Å². The summed E-state index contributed by atoms with van der Waals surface area (Å²) in [5.74, 6) is -5.48. The van der Waals surface area contributed by atoms with Crippen LogP contribution in [0.25, 0.3) is 0 Å². The van der Waals surface area contributed by atoms with Crippen LogP contribution in [0.5, 0.6) is 5.75 Å². The molecule has 5 nitrogen and oxygen atoms in total. The Morgan fingerprint density at radius 2 is 1.67 bits per heavy atom. The van der Waals surface area contributed by atoms with E-state index >= 15 is 0 Å². The molecule has 3 aromatic carbocycles. The van der Waals surface area contributed by atoms with Crippen LogP contribution in [-0.2, 0) is 10.2 Å². The van der Waals surface area contributed by atoms with Crippen molar-refractivity contribution >= 4 is 63.9 Å². The van der Waals surface area contributed by atoms with Crippen molar-refractivity contribution in [3.05, 3.63) is 92.7 Å². The first-order chi connectivity index (χ1) is 16.9. The minimum atomic E-state index is -1.82. The summed E-state index contributed by atoms with van der Waals surface area (Å²) >= 11 is 25.4. The van der Waals surface area contributed by atoms with Gasteiger partial charge in [0.05, 0.1) is 28.4 Å². The molecule has 0 heterocycles. The molecule has 0 spiro atoms. The molecule has 2 unspecified atom stereocenters. The molecule has 1 aliphatic rings. The minimum absolute atomic E-state index is 0.0565. The maximum absolute atomic E-state index is 14.1. The second kappa shape index (κ2) is 9.34. The first-order valence-corrected chi connectivity index (χ1v) is 11.6. The molecule has 1 saturated carbocycles. The van der Waals surface area contributed by atoms with Crippen LogP contribution in [0, 0.1) is 17.5 Å². The maximum atomic E-state index is 14.1.